The molecule has 5 rings (SSSR count). The minimum atomic E-state index is -5.13. The van der Waals surface area contributed by atoms with Gasteiger partial charge in [-0.2, -0.15) is 27.1 Å². The van der Waals surface area contributed by atoms with Gasteiger partial charge in [0.05, 0.1) is 17.3 Å². The molecule has 4 N–H and O–H groups in total. The predicted octanol–water partition coefficient (Wildman–Crippen LogP) is 6.13. The van der Waals surface area contributed by atoms with Crippen LogP contribution in [0.3, 0.4) is 0 Å². The fourth-order valence-electron chi connectivity index (χ4n) is 5.83. The molecule has 2 aromatic heterocycles. The minimum absolute atomic E-state index is 0.0865. The first-order valence-electron chi connectivity index (χ1n) is 15.4. The lowest BCUT2D eigenvalue weighted by molar-refractivity contribution is -0.142. The van der Waals surface area contributed by atoms with Crippen LogP contribution in [0.4, 0.5) is 39.5 Å². The molecule has 8 nitrogen and oxygen atoms in total. The summed E-state index contributed by atoms with van der Waals surface area (Å²) >= 11 is 0. The lowest BCUT2D eigenvalue weighted by Gasteiger charge is -2.23. The molecule has 1 aliphatic carbocycles. The summed E-state index contributed by atoms with van der Waals surface area (Å²) in [6.07, 6.45) is -6.32. The summed E-state index contributed by atoms with van der Waals surface area (Å²) in [5, 5.41) is 15.9. The molecule has 0 saturated heterocycles. The molecule has 2 heterocycles. The van der Waals surface area contributed by atoms with Crippen LogP contribution in [-0.2, 0) is 36.3 Å². The lowest BCUT2D eigenvalue weighted by atomic mass is 9.93. The van der Waals surface area contributed by atoms with Crippen molar-refractivity contribution in [3.8, 4) is 23.0 Å². The lowest BCUT2D eigenvalue weighted by Crippen LogP contribution is -2.35. The van der Waals surface area contributed by atoms with Crippen molar-refractivity contribution in [3.05, 3.63) is 105 Å². The second-order valence-corrected chi connectivity index (χ2v) is 12.8. The summed E-state index contributed by atoms with van der Waals surface area (Å²) < 4.78 is 130. The minimum Gasteiger partial charge on any atom is -0.378 e. The maximum atomic E-state index is 15.2. The standard InChI is InChI=1S/C35H28F9N5O3/c1-16-8-24-30(35(42,43)44)48-49(31(24)34(16,40)41)15-27(50)47-26(11-17-9-19(36)14-20(37)10-17)29-22(5-4-21(46-29)6-7-33(2,3)52)18-12-23(32(45)51)28(39)25(38)13-18/h4-5,9-10,12-14,16,26,52H,8,11,15H2,1-3H3,(H2,45,51)(H,47,50)/t16-,26+/m1/s1. The highest BCUT2D eigenvalue weighted by molar-refractivity contribution is 5.94. The third-order valence-corrected chi connectivity index (χ3v) is 8.11. The van der Waals surface area contributed by atoms with Gasteiger partial charge < -0.3 is 16.2 Å². The third-order valence-electron chi connectivity index (χ3n) is 8.11. The molecule has 0 radical (unpaired) electrons. The Hall–Kier alpha value is -5.37. The van der Waals surface area contributed by atoms with Gasteiger partial charge in [-0.05, 0) is 80.1 Å². The number of carbonyl (C=O) groups is 2. The number of rotatable bonds is 8. The number of nitrogens with two attached hydrogens (primary N) is 1. The predicted molar refractivity (Wildman–Crippen MR) is 166 cm³/mol. The number of hydrogen-bond donors (Lipinski definition) is 3. The van der Waals surface area contributed by atoms with Crippen LogP contribution in [0.25, 0.3) is 11.1 Å². The number of pyridine rings is 1. The molecule has 0 spiro atoms. The Bertz CT molecular complexity index is 2130. The number of primary amides is 1. The normalized spacial score (nSPS) is 15.8. The quantitative estimate of drug-likeness (QED) is 0.149. The Morgan fingerprint density at radius 1 is 1.08 bits per heavy atom. The van der Waals surface area contributed by atoms with E-state index < -0.39 is 107 Å². The van der Waals surface area contributed by atoms with E-state index in [0.29, 0.717) is 12.1 Å². The summed E-state index contributed by atoms with van der Waals surface area (Å²) in [7, 11) is 0. The van der Waals surface area contributed by atoms with Gasteiger partial charge >= 0.3 is 6.18 Å². The van der Waals surface area contributed by atoms with Crippen LogP contribution in [0.15, 0.2) is 42.5 Å². The Labute approximate surface area is 289 Å². The van der Waals surface area contributed by atoms with Crippen LogP contribution in [0.5, 0.6) is 0 Å². The van der Waals surface area contributed by atoms with Crippen molar-refractivity contribution in [2.45, 2.75) is 63.9 Å². The first kappa shape index (κ1) is 37.9. The zero-order chi connectivity index (χ0) is 38.5. The Morgan fingerprint density at radius 2 is 1.73 bits per heavy atom. The van der Waals surface area contributed by atoms with Gasteiger partial charge in [0.25, 0.3) is 11.8 Å². The molecule has 0 aliphatic heterocycles. The first-order chi connectivity index (χ1) is 24.0. The van der Waals surface area contributed by atoms with E-state index in [1.54, 1.807) is 0 Å². The van der Waals surface area contributed by atoms with E-state index in [4.69, 9.17) is 5.73 Å². The van der Waals surface area contributed by atoms with Gasteiger partial charge in [-0.1, -0.05) is 12.8 Å². The second-order valence-electron chi connectivity index (χ2n) is 12.8. The van der Waals surface area contributed by atoms with Crippen molar-refractivity contribution in [2.24, 2.45) is 11.7 Å². The number of halogens is 9. The Balaban J connectivity index is 1.67. The van der Waals surface area contributed by atoms with Crippen molar-refractivity contribution >= 4 is 11.8 Å². The highest BCUT2D eigenvalue weighted by Crippen LogP contribution is 2.49. The van der Waals surface area contributed by atoms with Crippen LogP contribution in [0, 0.1) is 41.0 Å². The van der Waals surface area contributed by atoms with Gasteiger partial charge in [0, 0.05) is 23.1 Å². The van der Waals surface area contributed by atoms with Gasteiger partial charge in [0.1, 0.15) is 35.2 Å². The van der Waals surface area contributed by atoms with E-state index in [-0.39, 0.29) is 32.8 Å². The zero-order valence-electron chi connectivity index (χ0n) is 27.4. The second kappa shape index (κ2) is 13.6. The molecule has 1 aliphatic rings. The molecular weight excluding hydrogens is 709 g/mol. The molecule has 2 amide bonds. The van der Waals surface area contributed by atoms with Crippen LogP contribution >= 0.6 is 0 Å². The summed E-state index contributed by atoms with van der Waals surface area (Å²) in [4.78, 5) is 29.9. The molecule has 274 valence electrons. The first-order valence-corrected chi connectivity index (χ1v) is 15.4. The van der Waals surface area contributed by atoms with Gasteiger partial charge in [-0.25, -0.2) is 22.5 Å². The number of nitrogens with zero attached hydrogens (tertiary/aromatic N) is 3. The van der Waals surface area contributed by atoms with Gasteiger partial charge in [0.15, 0.2) is 17.3 Å². The Morgan fingerprint density at radius 3 is 2.33 bits per heavy atom. The van der Waals surface area contributed by atoms with Gasteiger partial charge in [0.2, 0.25) is 5.91 Å². The molecule has 0 saturated carbocycles. The largest absolute Gasteiger partial charge is 0.435 e. The van der Waals surface area contributed by atoms with Gasteiger partial charge in [-0.3, -0.25) is 14.3 Å². The summed E-state index contributed by atoms with van der Waals surface area (Å²) in [5.41, 5.74) is -1.43. The molecule has 52 heavy (non-hydrogen) atoms. The number of hydrogen-bond acceptors (Lipinski definition) is 5. The maximum Gasteiger partial charge on any atom is 0.435 e. The summed E-state index contributed by atoms with van der Waals surface area (Å²) in [6.45, 7) is 2.56. The van der Waals surface area contributed by atoms with E-state index in [0.717, 1.165) is 25.1 Å². The topological polar surface area (TPSA) is 123 Å². The molecule has 17 heteroatoms. The molecule has 0 bridgehead atoms. The van der Waals surface area contributed by atoms with Crippen molar-refractivity contribution in [1.29, 1.82) is 0 Å². The third kappa shape index (κ3) is 7.91. The highest BCUT2D eigenvalue weighted by Gasteiger charge is 2.54. The van der Waals surface area contributed by atoms with E-state index in [9.17, 15) is 45.4 Å². The molecule has 4 aromatic rings. The molecule has 0 fully saturated rings. The average Bonchev–Trinajstić information content (AvgIpc) is 3.49. The van der Waals surface area contributed by atoms with E-state index in [1.807, 2.05) is 0 Å². The number of carbonyl (C=O) groups excluding carboxylic acids is 2. The van der Waals surface area contributed by atoms with Crippen molar-refractivity contribution in [2.75, 3.05) is 0 Å². The fourth-order valence-corrected chi connectivity index (χ4v) is 5.83. The number of aromatic nitrogens is 3. The molecule has 2 atom stereocenters. The molecular formula is C35H28F9N5O3. The van der Waals surface area contributed by atoms with Crippen LogP contribution in [0.1, 0.15) is 71.1 Å². The Kier molecular flexibility index (Phi) is 9.93. The molecule has 2 aromatic carbocycles. The maximum absolute atomic E-state index is 15.2. The number of fused-ring (bicyclic) bond motifs is 1. The summed E-state index contributed by atoms with van der Waals surface area (Å²) in [6, 6.07) is 4.87. The van der Waals surface area contributed by atoms with E-state index >= 15 is 8.78 Å². The van der Waals surface area contributed by atoms with Crippen LogP contribution < -0.4 is 11.1 Å². The average molecular weight is 738 g/mol. The molecule has 0 unspecified atom stereocenters. The zero-order valence-corrected chi connectivity index (χ0v) is 27.4. The van der Waals surface area contributed by atoms with Gasteiger partial charge in [-0.15, -0.1) is 0 Å². The number of benzene rings is 2. The highest BCUT2D eigenvalue weighted by atomic mass is 19.4. The monoisotopic (exact) mass is 737 g/mol. The number of aliphatic hydroxyl groups is 1. The fraction of sp³-hybridized carbons (Fsp3) is 0.314. The van der Waals surface area contributed by atoms with Crippen LogP contribution in [-0.4, -0.2) is 37.3 Å². The van der Waals surface area contributed by atoms with E-state index in [1.165, 1.54) is 26.0 Å². The number of alkyl halides is 5. The summed E-state index contributed by atoms with van der Waals surface area (Å²) in [5.74, 6) is -7.97. The number of amides is 2. The SMILES string of the molecule is C[C@@H]1Cc2c(C(F)(F)F)nn(CC(=O)N[C@@H](Cc3cc(F)cc(F)c3)c3nc(C#CC(C)(C)O)ccc3-c3cc(F)c(F)c(C(N)=O)c3)c2C1(F)F. The van der Waals surface area contributed by atoms with E-state index in [2.05, 4.69) is 27.2 Å². The van der Waals surface area contributed by atoms with Crippen LogP contribution in [0.2, 0.25) is 0 Å². The van der Waals surface area contributed by atoms with Crippen molar-refractivity contribution in [3.63, 3.8) is 0 Å². The van der Waals surface area contributed by atoms with Crippen molar-refractivity contribution in [1.82, 2.24) is 20.1 Å². The number of nitrogens with one attached hydrogen (secondary N) is 1. The van der Waals surface area contributed by atoms with Crippen molar-refractivity contribution < 1.29 is 54.2 Å². The smallest absolute Gasteiger partial charge is 0.378 e.